The van der Waals surface area contributed by atoms with E-state index >= 15 is 0 Å². The minimum absolute atomic E-state index is 0.125. The van der Waals surface area contributed by atoms with Gasteiger partial charge in [-0.25, -0.2) is 9.97 Å². The fraction of sp³-hybridized carbons (Fsp3) is 0.0625. The van der Waals surface area contributed by atoms with Crippen LogP contribution in [0, 0.1) is 6.92 Å². The van der Waals surface area contributed by atoms with Gasteiger partial charge in [0.25, 0.3) is 5.91 Å². The topological polar surface area (TPSA) is 59.3 Å². The average Bonchev–Trinajstić information content (AvgIpc) is 3.12. The van der Waals surface area contributed by atoms with Crippen LogP contribution in [0.3, 0.4) is 0 Å². The summed E-state index contributed by atoms with van der Waals surface area (Å²) in [6.45, 7) is 1.94. The summed E-state index contributed by atoms with van der Waals surface area (Å²) in [5.74, 6) is -0.125. The van der Waals surface area contributed by atoms with Crippen LogP contribution in [0.5, 0.6) is 0 Å². The maximum absolute atomic E-state index is 12.4. The molecular formula is C16H12N4OS. The number of nitrogens with zero attached hydrogens (tertiary/aromatic N) is 3. The molecule has 1 amide bonds. The molecule has 4 aromatic heterocycles. The Morgan fingerprint density at radius 1 is 1.27 bits per heavy atom. The van der Waals surface area contributed by atoms with Gasteiger partial charge in [-0.3, -0.25) is 4.79 Å². The maximum Gasteiger partial charge on any atom is 0.265 e. The first-order valence-corrected chi connectivity index (χ1v) is 7.61. The van der Waals surface area contributed by atoms with Gasteiger partial charge in [-0.05, 0) is 31.2 Å². The van der Waals surface area contributed by atoms with Crippen molar-refractivity contribution in [2.24, 2.45) is 0 Å². The van der Waals surface area contributed by atoms with Crippen molar-refractivity contribution in [3.63, 3.8) is 0 Å². The Balaban J connectivity index is 1.64. The number of nitrogens with one attached hydrogen (secondary N) is 1. The van der Waals surface area contributed by atoms with E-state index in [0.717, 1.165) is 27.1 Å². The van der Waals surface area contributed by atoms with E-state index in [1.807, 2.05) is 47.9 Å². The molecule has 5 nitrogen and oxygen atoms in total. The average molecular weight is 308 g/mol. The summed E-state index contributed by atoms with van der Waals surface area (Å²) in [5.41, 5.74) is 2.67. The van der Waals surface area contributed by atoms with E-state index in [0.29, 0.717) is 4.88 Å². The Hall–Kier alpha value is -2.73. The first-order chi connectivity index (χ1) is 10.7. The maximum atomic E-state index is 12.4. The first-order valence-electron chi connectivity index (χ1n) is 6.79. The quantitative estimate of drug-likeness (QED) is 0.616. The summed E-state index contributed by atoms with van der Waals surface area (Å²) >= 11 is 1.40. The highest BCUT2D eigenvalue weighted by Gasteiger charge is 2.11. The number of aromatic nitrogens is 3. The van der Waals surface area contributed by atoms with Crippen molar-refractivity contribution in [3.05, 3.63) is 59.6 Å². The highest BCUT2D eigenvalue weighted by molar-refractivity contribution is 7.20. The molecule has 0 spiro atoms. The molecule has 0 bridgehead atoms. The Morgan fingerprint density at radius 3 is 3.09 bits per heavy atom. The summed E-state index contributed by atoms with van der Waals surface area (Å²) in [7, 11) is 0. The lowest BCUT2D eigenvalue weighted by Gasteiger charge is -2.04. The number of hydrogen-bond acceptors (Lipinski definition) is 4. The number of hydrogen-bond donors (Lipinski definition) is 1. The fourth-order valence-corrected chi connectivity index (χ4v) is 3.28. The Bertz CT molecular complexity index is 1000. The van der Waals surface area contributed by atoms with Gasteiger partial charge in [0.2, 0.25) is 0 Å². The summed E-state index contributed by atoms with van der Waals surface area (Å²) in [5, 5.41) is 3.90. The van der Waals surface area contributed by atoms with E-state index in [1.54, 1.807) is 12.5 Å². The third kappa shape index (κ3) is 2.23. The smallest absolute Gasteiger partial charge is 0.265 e. The van der Waals surface area contributed by atoms with E-state index < -0.39 is 0 Å². The Kier molecular flexibility index (Phi) is 2.90. The zero-order valence-electron chi connectivity index (χ0n) is 11.8. The van der Waals surface area contributed by atoms with E-state index in [2.05, 4.69) is 15.3 Å². The van der Waals surface area contributed by atoms with Gasteiger partial charge in [0.05, 0.1) is 28.6 Å². The third-order valence-electron chi connectivity index (χ3n) is 3.41. The van der Waals surface area contributed by atoms with Gasteiger partial charge in [-0.1, -0.05) is 6.07 Å². The van der Waals surface area contributed by atoms with Crippen molar-refractivity contribution in [1.29, 1.82) is 0 Å². The molecule has 0 saturated heterocycles. The van der Waals surface area contributed by atoms with Crippen molar-refractivity contribution in [2.45, 2.75) is 6.92 Å². The molecule has 0 saturated carbocycles. The molecule has 4 aromatic rings. The molecule has 6 heteroatoms. The van der Waals surface area contributed by atoms with Crippen LogP contribution in [-0.4, -0.2) is 20.3 Å². The molecule has 0 aliphatic carbocycles. The van der Waals surface area contributed by atoms with Gasteiger partial charge in [0.1, 0.15) is 4.83 Å². The van der Waals surface area contributed by atoms with Crippen molar-refractivity contribution < 1.29 is 4.79 Å². The molecule has 0 atom stereocenters. The van der Waals surface area contributed by atoms with Crippen molar-refractivity contribution in [3.8, 4) is 0 Å². The minimum Gasteiger partial charge on any atom is -0.320 e. The number of amides is 1. The molecular weight excluding hydrogens is 296 g/mol. The van der Waals surface area contributed by atoms with Gasteiger partial charge < -0.3 is 9.72 Å². The van der Waals surface area contributed by atoms with E-state index in [-0.39, 0.29) is 5.91 Å². The number of rotatable bonds is 2. The van der Waals surface area contributed by atoms with Crippen LogP contribution in [0.1, 0.15) is 15.4 Å². The van der Waals surface area contributed by atoms with Crippen LogP contribution >= 0.6 is 11.3 Å². The minimum atomic E-state index is -0.125. The molecule has 0 aromatic carbocycles. The number of anilines is 1. The predicted molar refractivity (Wildman–Crippen MR) is 87.5 cm³/mol. The first kappa shape index (κ1) is 13.0. The van der Waals surface area contributed by atoms with Crippen molar-refractivity contribution in [2.75, 3.05) is 5.32 Å². The van der Waals surface area contributed by atoms with Gasteiger partial charge >= 0.3 is 0 Å². The number of carbonyl (C=O) groups is 1. The Morgan fingerprint density at radius 2 is 2.18 bits per heavy atom. The molecule has 4 heterocycles. The lowest BCUT2D eigenvalue weighted by molar-refractivity contribution is 0.103. The summed E-state index contributed by atoms with van der Waals surface area (Å²) in [4.78, 5) is 22.4. The lowest BCUT2D eigenvalue weighted by atomic mass is 10.3. The van der Waals surface area contributed by atoms with Crippen LogP contribution in [-0.2, 0) is 0 Å². The number of aryl methyl sites for hydroxylation is 1. The van der Waals surface area contributed by atoms with Crippen LogP contribution in [0.25, 0.3) is 15.7 Å². The van der Waals surface area contributed by atoms with Gasteiger partial charge in [-0.2, -0.15) is 0 Å². The van der Waals surface area contributed by atoms with Crippen LogP contribution in [0.15, 0.2) is 49.1 Å². The molecule has 4 rings (SSSR count). The lowest BCUT2D eigenvalue weighted by Crippen LogP contribution is -2.10. The SMILES string of the molecule is Cc1ccc2cc(C(=O)Nc3ccc4cncn4c3)sc2n1. The van der Waals surface area contributed by atoms with Crippen LogP contribution in [0.2, 0.25) is 0 Å². The molecule has 108 valence electrons. The molecule has 22 heavy (non-hydrogen) atoms. The molecule has 0 aliphatic heterocycles. The largest absolute Gasteiger partial charge is 0.320 e. The van der Waals surface area contributed by atoms with E-state index in [9.17, 15) is 4.79 Å². The molecule has 1 N–H and O–H groups in total. The standard InChI is InChI=1S/C16H12N4OS/c1-10-2-3-11-6-14(22-16(11)18-10)15(21)19-12-4-5-13-7-17-9-20(13)8-12/h2-9H,1H3,(H,19,21). The third-order valence-corrected chi connectivity index (χ3v) is 4.46. The number of pyridine rings is 2. The highest BCUT2D eigenvalue weighted by Crippen LogP contribution is 2.25. The molecule has 0 radical (unpaired) electrons. The highest BCUT2D eigenvalue weighted by atomic mass is 32.1. The predicted octanol–water partition coefficient (Wildman–Crippen LogP) is 3.50. The van der Waals surface area contributed by atoms with Gasteiger partial charge in [0, 0.05) is 17.3 Å². The van der Waals surface area contributed by atoms with Crippen molar-refractivity contribution in [1.82, 2.24) is 14.4 Å². The normalized spacial score (nSPS) is 11.1. The fourth-order valence-electron chi connectivity index (χ4n) is 2.31. The van der Waals surface area contributed by atoms with Crippen LogP contribution in [0.4, 0.5) is 5.69 Å². The Labute approximate surface area is 130 Å². The van der Waals surface area contributed by atoms with Crippen molar-refractivity contribution >= 4 is 38.7 Å². The second-order valence-corrected chi connectivity index (χ2v) is 6.09. The zero-order chi connectivity index (χ0) is 15.1. The number of carbonyl (C=O) groups excluding carboxylic acids is 1. The number of thiophene rings is 1. The van der Waals surface area contributed by atoms with Gasteiger partial charge in [0.15, 0.2) is 0 Å². The monoisotopic (exact) mass is 308 g/mol. The number of fused-ring (bicyclic) bond motifs is 2. The molecule has 0 aliphatic rings. The van der Waals surface area contributed by atoms with Gasteiger partial charge in [-0.15, -0.1) is 11.3 Å². The van der Waals surface area contributed by atoms with E-state index in [4.69, 9.17) is 0 Å². The second-order valence-electron chi connectivity index (χ2n) is 5.06. The number of imidazole rings is 1. The second kappa shape index (κ2) is 4.92. The van der Waals surface area contributed by atoms with Crippen LogP contribution < -0.4 is 5.32 Å². The molecule has 0 unspecified atom stereocenters. The van der Waals surface area contributed by atoms with E-state index in [1.165, 1.54) is 11.3 Å². The summed E-state index contributed by atoms with van der Waals surface area (Å²) in [6, 6.07) is 9.59. The zero-order valence-corrected chi connectivity index (χ0v) is 12.6. The summed E-state index contributed by atoms with van der Waals surface area (Å²) in [6.07, 6.45) is 5.32. The molecule has 0 fully saturated rings. The summed E-state index contributed by atoms with van der Waals surface area (Å²) < 4.78 is 1.87.